The Balaban J connectivity index is 2.51. The lowest BCUT2D eigenvalue weighted by Crippen LogP contribution is -2.32. The summed E-state index contributed by atoms with van der Waals surface area (Å²) in [6, 6.07) is 0. The lowest BCUT2D eigenvalue weighted by Gasteiger charge is -2.41. The predicted octanol–water partition coefficient (Wildman–Crippen LogP) is 3.70. The number of carbonyl (C=O) groups is 1. The van der Waals surface area contributed by atoms with Gasteiger partial charge in [0, 0.05) is 0 Å². The van der Waals surface area contributed by atoms with Crippen molar-refractivity contribution in [2.75, 3.05) is 0 Å². The van der Waals surface area contributed by atoms with Gasteiger partial charge in [0.1, 0.15) is 0 Å². The van der Waals surface area contributed by atoms with Crippen LogP contribution in [-0.2, 0) is 4.79 Å². The molecule has 0 unspecified atom stereocenters. The first kappa shape index (κ1) is 12.5. The molecule has 0 aromatic rings. The van der Waals surface area contributed by atoms with Gasteiger partial charge in [-0.2, -0.15) is 0 Å². The van der Waals surface area contributed by atoms with Crippen LogP contribution in [0.25, 0.3) is 0 Å². The van der Waals surface area contributed by atoms with Crippen molar-refractivity contribution in [2.45, 2.75) is 59.8 Å². The largest absolute Gasteiger partial charge is 0.481 e. The van der Waals surface area contributed by atoms with E-state index in [9.17, 15) is 4.79 Å². The summed E-state index contributed by atoms with van der Waals surface area (Å²) < 4.78 is 0. The highest BCUT2D eigenvalue weighted by Gasteiger charge is 2.36. The molecule has 15 heavy (non-hydrogen) atoms. The molecule has 88 valence electrons. The molecule has 0 heterocycles. The van der Waals surface area contributed by atoms with E-state index in [-0.39, 0.29) is 5.41 Å². The van der Waals surface area contributed by atoms with Gasteiger partial charge in [0.05, 0.1) is 6.42 Å². The summed E-state index contributed by atoms with van der Waals surface area (Å²) in [6.07, 6.45) is 4.85. The standard InChI is InChI=1S/C13H24O2/c1-12(2,3)10-5-7-13(4,8-6-10)9-11(14)15/h10H,5-9H2,1-4H3,(H,14,15). The van der Waals surface area contributed by atoms with Crippen molar-refractivity contribution in [1.82, 2.24) is 0 Å². The van der Waals surface area contributed by atoms with E-state index in [1.807, 2.05) is 0 Å². The lowest BCUT2D eigenvalue weighted by molar-refractivity contribution is -0.140. The fraction of sp³-hybridized carbons (Fsp3) is 0.923. The van der Waals surface area contributed by atoms with Crippen LogP contribution in [0.1, 0.15) is 59.8 Å². The highest BCUT2D eigenvalue weighted by Crippen LogP contribution is 2.46. The van der Waals surface area contributed by atoms with Crippen molar-refractivity contribution in [3.8, 4) is 0 Å². The Kier molecular flexibility index (Phi) is 3.47. The Morgan fingerprint density at radius 1 is 1.33 bits per heavy atom. The zero-order chi connectivity index (χ0) is 11.7. The smallest absolute Gasteiger partial charge is 0.303 e. The highest BCUT2D eigenvalue weighted by atomic mass is 16.4. The van der Waals surface area contributed by atoms with Crippen LogP contribution in [0, 0.1) is 16.7 Å². The fourth-order valence-electron chi connectivity index (χ4n) is 2.72. The Morgan fingerprint density at radius 2 is 1.80 bits per heavy atom. The number of hydrogen-bond acceptors (Lipinski definition) is 1. The Bertz CT molecular complexity index is 229. The van der Waals surface area contributed by atoms with Crippen molar-refractivity contribution >= 4 is 5.97 Å². The normalized spacial score (nSPS) is 32.7. The van der Waals surface area contributed by atoms with Crippen molar-refractivity contribution in [3.63, 3.8) is 0 Å². The molecule has 2 nitrogen and oxygen atoms in total. The van der Waals surface area contributed by atoms with Gasteiger partial charge in [0.25, 0.3) is 0 Å². The molecule has 0 radical (unpaired) electrons. The SMILES string of the molecule is CC1(CC(=O)O)CCC(C(C)(C)C)CC1. The van der Waals surface area contributed by atoms with E-state index >= 15 is 0 Å². The lowest BCUT2D eigenvalue weighted by atomic mass is 9.64. The highest BCUT2D eigenvalue weighted by molar-refractivity contribution is 5.67. The molecule has 0 atom stereocenters. The van der Waals surface area contributed by atoms with Crippen molar-refractivity contribution < 1.29 is 9.90 Å². The molecule has 1 aliphatic carbocycles. The molecule has 1 saturated carbocycles. The summed E-state index contributed by atoms with van der Waals surface area (Å²) >= 11 is 0. The minimum Gasteiger partial charge on any atom is -0.481 e. The molecule has 0 spiro atoms. The van der Waals surface area contributed by atoms with E-state index in [1.165, 1.54) is 12.8 Å². The molecule has 1 aliphatic rings. The van der Waals surface area contributed by atoms with Gasteiger partial charge in [-0.1, -0.05) is 27.7 Å². The second-order valence-corrected chi connectivity index (χ2v) is 6.52. The van der Waals surface area contributed by atoms with Gasteiger partial charge in [0.2, 0.25) is 0 Å². The van der Waals surface area contributed by atoms with Crippen LogP contribution >= 0.6 is 0 Å². The van der Waals surface area contributed by atoms with Crippen LogP contribution in [-0.4, -0.2) is 11.1 Å². The average Bonchev–Trinajstić information content (AvgIpc) is 2.00. The third-order valence-corrected chi connectivity index (χ3v) is 4.00. The third kappa shape index (κ3) is 3.51. The third-order valence-electron chi connectivity index (χ3n) is 4.00. The Hall–Kier alpha value is -0.530. The number of carboxylic acid groups (broad SMARTS) is 1. The van der Waals surface area contributed by atoms with E-state index in [0.717, 1.165) is 18.8 Å². The fourth-order valence-corrected chi connectivity index (χ4v) is 2.72. The molecular weight excluding hydrogens is 188 g/mol. The second-order valence-electron chi connectivity index (χ2n) is 6.52. The van der Waals surface area contributed by atoms with E-state index in [2.05, 4.69) is 27.7 Å². The van der Waals surface area contributed by atoms with E-state index < -0.39 is 5.97 Å². The number of rotatable bonds is 2. The Labute approximate surface area is 93.1 Å². The first-order chi connectivity index (χ1) is 6.73. The van der Waals surface area contributed by atoms with Gasteiger partial charge in [-0.15, -0.1) is 0 Å². The summed E-state index contributed by atoms with van der Waals surface area (Å²) in [4.78, 5) is 10.8. The zero-order valence-corrected chi connectivity index (χ0v) is 10.5. The minimum atomic E-state index is -0.647. The van der Waals surface area contributed by atoms with Gasteiger partial charge >= 0.3 is 5.97 Å². The summed E-state index contributed by atoms with van der Waals surface area (Å²) in [5, 5.41) is 8.86. The van der Waals surface area contributed by atoms with Crippen LogP contribution in [0.4, 0.5) is 0 Å². The predicted molar refractivity (Wildman–Crippen MR) is 61.8 cm³/mol. The molecule has 0 amide bonds. The van der Waals surface area contributed by atoms with Crippen molar-refractivity contribution in [2.24, 2.45) is 16.7 Å². The van der Waals surface area contributed by atoms with Crippen LogP contribution in [0.2, 0.25) is 0 Å². The minimum absolute atomic E-state index is 0.0492. The summed E-state index contributed by atoms with van der Waals surface area (Å²) in [5.41, 5.74) is 0.429. The molecule has 1 rings (SSSR count). The molecule has 0 aliphatic heterocycles. The van der Waals surface area contributed by atoms with Gasteiger partial charge in [-0.25, -0.2) is 0 Å². The number of hydrogen-bond donors (Lipinski definition) is 1. The van der Waals surface area contributed by atoms with Gasteiger partial charge in [-0.3, -0.25) is 4.79 Å². The van der Waals surface area contributed by atoms with Gasteiger partial charge in [-0.05, 0) is 42.4 Å². The first-order valence-corrected chi connectivity index (χ1v) is 5.95. The maximum Gasteiger partial charge on any atom is 0.303 e. The first-order valence-electron chi connectivity index (χ1n) is 5.95. The van der Waals surface area contributed by atoms with Gasteiger partial charge < -0.3 is 5.11 Å². The number of aliphatic carboxylic acids is 1. The molecule has 0 bridgehead atoms. The van der Waals surface area contributed by atoms with Crippen LogP contribution in [0.15, 0.2) is 0 Å². The molecular formula is C13H24O2. The van der Waals surface area contributed by atoms with E-state index in [4.69, 9.17) is 5.11 Å². The van der Waals surface area contributed by atoms with Crippen molar-refractivity contribution in [3.05, 3.63) is 0 Å². The van der Waals surface area contributed by atoms with Crippen LogP contribution < -0.4 is 0 Å². The zero-order valence-electron chi connectivity index (χ0n) is 10.5. The molecule has 2 heteroatoms. The maximum atomic E-state index is 10.8. The van der Waals surface area contributed by atoms with E-state index in [0.29, 0.717) is 11.8 Å². The monoisotopic (exact) mass is 212 g/mol. The molecule has 1 N–H and O–H groups in total. The van der Waals surface area contributed by atoms with E-state index in [1.54, 1.807) is 0 Å². The summed E-state index contributed by atoms with van der Waals surface area (Å²) in [6.45, 7) is 8.99. The molecule has 0 saturated heterocycles. The van der Waals surface area contributed by atoms with Crippen molar-refractivity contribution in [1.29, 1.82) is 0 Å². The second kappa shape index (κ2) is 4.15. The summed E-state index contributed by atoms with van der Waals surface area (Å²) in [5.74, 6) is 0.117. The maximum absolute atomic E-state index is 10.8. The summed E-state index contributed by atoms with van der Waals surface area (Å²) in [7, 11) is 0. The quantitative estimate of drug-likeness (QED) is 0.757. The molecule has 1 fully saturated rings. The molecule has 0 aromatic heterocycles. The molecule has 0 aromatic carbocycles. The van der Waals surface area contributed by atoms with Crippen LogP contribution in [0.3, 0.4) is 0 Å². The topological polar surface area (TPSA) is 37.3 Å². The Morgan fingerprint density at radius 3 is 2.13 bits per heavy atom. The number of carboxylic acids is 1. The average molecular weight is 212 g/mol. The van der Waals surface area contributed by atoms with Gasteiger partial charge in [0.15, 0.2) is 0 Å². The van der Waals surface area contributed by atoms with Crippen LogP contribution in [0.5, 0.6) is 0 Å².